The molecule has 0 aliphatic carbocycles. The van der Waals surface area contributed by atoms with Crippen LogP contribution in [-0.2, 0) is 19.1 Å². The zero-order valence-electron chi connectivity index (χ0n) is 13.6. The van der Waals surface area contributed by atoms with Gasteiger partial charge in [-0.05, 0) is 33.1 Å². The molecule has 1 rings (SSSR count). The highest BCUT2D eigenvalue weighted by molar-refractivity contribution is 5.81. The van der Waals surface area contributed by atoms with E-state index in [0.29, 0.717) is 32.5 Å². The highest BCUT2D eigenvalue weighted by Gasteiger charge is 2.29. The number of carbonyl (C=O) groups is 3. The van der Waals surface area contributed by atoms with Gasteiger partial charge in [-0.15, -0.1) is 0 Å². The molecular formula is C15H26N2O5. The van der Waals surface area contributed by atoms with Crippen molar-refractivity contribution in [3.8, 4) is 0 Å². The molecule has 0 aromatic carbocycles. The van der Waals surface area contributed by atoms with Gasteiger partial charge in [-0.1, -0.05) is 0 Å². The lowest BCUT2D eigenvalue weighted by molar-refractivity contribution is -0.145. The summed E-state index contributed by atoms with van der Waals surface area (Å²) in [6, 6.07) is -0.131. The normalized spacial score (nSPS) is 20.1. The lowest BCUT2D eigenvalue weighted by atomic mass is 10.1. The largest absolute Gasteiger partial charge is 0.480 e. The van der Waals surface area contributed by atoms with E-state index in [9.17, 15) is 14.4 Å². The predicted octanol–water partition coefficient (Wildman–Crippen LogP) is 0.726. The second-order valence-corrected chi connectivity index (χ2v) is 5.55. The number of nitrogens with zero attached hydrogens (tertiary/aromatic N) is 2. The predicted molar refractivity (Wildman–Crippen MR) is 80.3 cm³/mol. The maximum atomic E-state index is 12.3. The summed E-state index contributed by atoms with van der Waals surface area (Å²) in [6.45, 7) is 6.30. The number of carbonyl (C=O) groups excluding carboxylic acids is 2. The molecule has 1 saturated heterocycles. The maximum Gasteiger partial charge on any atom is 0.323 e. The first-order chi connectivity index (χ1) is 10.4. The minimum Gasteiger partial charge on any atom is -0.480 e. The summed E-state index contributed by atoms with van der Waals surface area (Å²) in [5.74, 6) is -1.30. The Balaban J connectivity index is 2.66. The molecule has 0 aromatic heterocycles. The van der Waals surface area contributed by atoms with Crippen molar-refractivity contribution >= 4 is 17.8 Å². The molecule has 7 heteroatoms. The van der Waals surface area contributed by atoms with Crippen LogP contribution in [0, 0.1) is 0 Å². The van der Waals surface area contributed by atoms with Crippen molar-refractivity contribution in [2.24, 2.45) is 0 Å². The summed E-state index contributed by atoms with van der Waals surface area (Å²) in [5.41, 5.74) is 0. The van der Waals surface area contributed by atoms with E-state index < -0.39 is 12.1 Å². The number of aliphatic carboxylic acids is 1. The minimum atomic E-state index is -1.02. The molecule has 22 heavy (non-hydrogen) atoms. The third-order valence-corrected chi connectivity index (χ3v) is 3.92. The molecule has 126 valence electrons. The highest BCUT2D eigenvalue weighted by Crippen LogP contribution is 2.18. The van der Waals surface area contributed by atoms with Gasteiger partial charge in [-0.3, -0.25) is 14.4 Å². The van der Waals surface area contributed by atoms with Crippen molar-refractivity contribution in [3.05, 3.63) is 0 Å². The summed E-state index contributed by atoms with van der Waals surface area (Å²) in [7, 11) is 0. The van der Waals surface area contributed by atoms with E-state index in [1.807, 2.05) is 6.92 Å². The van der Waals surface area contributed by atoms with Gasteiger partial charge in [-0.25, -0.2) is 0 Å². The third kappa shape index (κ3) is 5.29. The van der Waals surface area contributed by atoms with Crippen molar-refractivity contribution in [2.45, 2.75) is 52.2 Å². The number of hydrogen-bond acceptors (Lipinski definition) is 4. The third-order valence-electron chi connectivity index (χ3n) is 3.92. The average Bonchev–Trinajstić information content (AvgIpc) is 2.69. The Bertz CT molecular complexity index is 413. The minimum absolute atomic E-state index is 0.0462. The van der Waals surface area contributed by atoms with Crippen LogP contribution in [0.1, 0.15) is 40.0 Å². The summed E-state index contributed by atoms with van der Waals surface area (Å²) in [4.78, 5) is 38.0. The van der Waals surface area contributed by atoms with E-state index in [1.165, 1.54) is 11.8 Å². The van der Waals surface area contributed by atoms with Crippen LogP contribution < -0.4 is 0 Å². The topological polar surface area (TPSA) is 87.2 Å². The first-order valence-electron chi connectivity index (χ1n) is 7.76. The monoisotopic (exact) mass is 314 g/mol. The van der Waals surface area contributed by atoms with Crippen molar-refractivity contribution in [2.75, 3.05) is 26.2 Å². The van der Waals surface area contributed by atoms with Gasteiger partial charge in [0.2, 0.25) is 5.91 Å². The summed E-state index contributed by atoms with van der Waals surface area (Å²) in [5, 5.41) is 8.93. The van der Waals surface area contributed by atoms with Crippen molar-refractivity contribution in [3.63, 3.8) is 0 Å². The molecule has 0 saturated carbocycles. The van der Waals surface area contributed by atoms with Crippen LogP contribution in [0.5, 0.6) is 0 Å². The fourth-order valence-electron chi connectivity index (χ4n) is 2.83. The Morgan fingerprint density at radius 3 is 2.55 bits per heavy atom. The molecular weight excluding hydrogens is 288 g/mol. The SMILES string of the molecule is CCOC(C)C(=O)N1CCCC(N(CC(=O)O)C(C)=O)CC1. The first-order valence-corrected chi connectivity index (χ1v) is 7.76. The van der Waals surface area contributed by atoms with Gasteiger partial charge in [0.25, 0.3) is 5.91 Å². The highest BCUT2D eigenvalue weighted by atomic mass is 16.5. The van der Waals surface area contributed by atoms with Crippen LogP contribution in [0.15, 0.2) is 0 Å². The standard InChI is InChI=1S/C15H26N2O5/c1-4-22-11(2)15(21)16-8-5-6-13(7-9-16)17(12(3)18)10-14(19)20/h11,13H,4-10H2,1-3H3,(H,19,20). The Kier molecular flexibility index (Phi) is 7.31. The average molecular weight is 314 g/mol. The van der Waals surface area contributed by atoms with E-state index in [4.69, 9.17) is 9.84 Å². The molecule has 2 amide bonds. The quantitative estimate of drug-likeness (QED) is 0.781. The number of carboxylic acids is 1. The molecule has 2 unspecified atom stereocenters. The number of carboxylic acid groups (broad SMARTS) is 1. The van der Waals surface area contributed by atoms with Gasteiger partial charge in [0.1, 0.15) is 12.6 Å². The van der Waals surface area contributed by atoms with Gasteiger partial charge in [0, 0.05) is 32.7 Å². The Hall–Kier alpha value is -1.63. The zero-order valence-corrected chi connectivity index (χ0v) is 13.6. The molecule has 0 bridgehead atoms. The van der Waals surface area contributed by atoms with Crippen molar-refractivity contribution in [1.29, 1.82) is 0 Å². The number of likely N-dealkylation sites (tertiary alicyclic amines) is 1. The lowest BCUT2D eigenvalue weighted by Gasteiger charge is -2.29. The summed E-state index contributed by atoms with van der Waals surface area (Å²) in [6.07, 6.45) is 1.58. The molecule has 1 fully saturated rings. The lowest BCUT2D eigenvalue weighted by Crippen LogP contribution is -2.43. The number of ether oxygens (including phenoxy) is 1. The van der Waals surface area contributed by atoms with Crippen LogP contribution in [0.4, 0.5) is 0 Å². The van der Waals surface area contributed by atoms with Crippen LogP contribution >= 0.6 is 0 Å². The molecule has 1 heterocycles. The van der Waals surface area contributed by atoms with E-state index >= 15 is 0 Å². The van der Waals surface area contributed by atoms with Crippen LogP contribution in [0.25, 0.3) is 0 Å². The van der Waals surface area contributed by atoms with Gasteiger partial charge in [0.15, 0.2) is 0 Å². The van der Waals surface area contributed by atoms with Crippen LogP contribution in [-0.4, -0.2) is 71.1 Å². The summed E-state index contributed by atoms with van der Waals surface area (Å²) >= 11 is 0. The second kappa shape index (κ2) is 8.73. The van der Waals surface area contributed by atoms with Crippen molar-refractivity contribution < 1.29 is 24.2 Å². The van der Waals surface area contributed by atoms with Crippen LogP contribution in [0.2, 0.25) is 0 Å². The van der Waals surface area contributed by atoms with E-state index in [1.54, 1.807) is 11.8 Å². The molecule has 2 atom stereocenters. The van der Waals surface area contributed by atoms with Crippen molar-refractivity contribution in [1.82, 2.24) is 9.80 Å². The Labute approximate surface area is 131 Å². The van der Waals surface area contributed by atoms with Gasteiger partial charge in [0.05, 0.1) is 0 Å². The Morgan fingerprint density at radius 1 is 1.32 bits per heavy atom. The molecule has 0 aromatic rings. The fraction of sp³-hybridized carbons (Fsp3) is 0.800. The van der Waals surface area contributed by atoms with E-state index in [-0.39, 0.29) is 24.4 Å². The number of amides is 2. The maximum absolute atomic E-state index is 12.3. The van der Waals surface area contributed by atoms with Crippen LogP contribution in [0.3, 0.4) is 0 Å². The number of rotatable bonds is 6. The van der Waals surface area contributed by atoms with Gasteiger partial charge < -0.3 is 19.6 Å². The zero-order chi connectivity index (χ0) is 16.7. The van der Waals surface area contributed by atoms with Gasteiger partial charge in [-0.2, -0.15) is 0 Å². The summed E-state index contributed by atoms with van der Waals surface area (Å²) < 4.78 is 5.33. The van der Waals surface area contributed by atoms with Gasteiger partial charge >= 0.3 is 5.97 Å². The molecule has 7 nitrogen and oxygen atoms in total. The smallest absolute Gasteiger partial charge is 0.323 e. The molecule has 0 spiro atoms. The fourth-order valence-corrected chi connectivity index (χ4v) is 2.83. The van der Waals surface area contributed by atoms with E-state index in [0.717, 1.165) is 6.42 Å². The molecule has 0 radical (unpaired) electrons. The molecule has 1 N–H and O–H groups in total. The first kappa shape index (κ1) is 18.4. The molecule has 1 aliphatic rings. The molecule has 1 aliphatic heterocycles. The second-order valence-electron chi connectivity index (χ2n) is 5.55. The number of hydrogen-bond donors (Lipinski definition) is 1. The van der Waals surface area contributed by atoms with E-state index in [2.05, 4.69) is 0 Å². The Morgan fingerprint density at radius 2 is 2.00 bits per heavy atom.